The summed E-state index contributed by atoms with van der Waals surface area (Å²) in [5.41, 5.74) is 0. The Kier molecular flexibility index (Phi) is 5.60. The van der Waals surface area contributed by atoms with Crippen LogP contribution in [0.4, 0.5) is 0 Å². The average molecular weight is 268 g/mol. The highest BCUT2D eigenvalue weighted by Crippen LogP contribution is 2.16. The van der Waals surface area contributed by atoms with E-state index in [0.29, 0.717) is 12.5 Å². The molecule has 2 saturated heterocycles. The number of likely N-dealkylation sites (tertiary alicyclic amines) is 1. The fourth-order valence-corrected chi connectivity index (χ4v) is 2.92. The van der Waals surface area contributed by atoms with Crippen molar-refractivity contribution in [3.8, 4) is 0 Å². The van der Waals surface area contributed by atoms with Gasteiger partial charge in [-0.15, -0.1) is 0 Å². The predicted octanol–water partition coefficient (Wildman–Crippen LogP) is -0.308. The van der Waals surface area contributed by atoms with Gasteiger partial charge >= 0.3 is 0 Å². The molecule has 2 rings (SSSR count). The number of nitrogens with zero attached hydrogens (tertiary/aromatic N) is 3. The molecule has 1 amide bonds. The van der Waals surface area contributed by atoms with E-state index in [1.54, 1.807) is 0 Å². The minimum atomic E-state index is 0.279. The van der Waals surface area contributed by atoms with E-state index in [4.69, 9.17) is 0 Å². The van der Waals surface area contributed by atoms with Gasteiger partial charge in [-0.05, 0) is 38.9 Å². The second kappa shape index (κ2) is 7.22. The standard InChI is InChI=1S/C14H28N4O/c1-16-7-3-13(4-8-16)11-17(2)14(19)12-18-9-5-15-6-10-18/h13,15H,3-12H2,1-2H3. The fourth-order valence-electron chi connectivity index (χ4n) is 2.92. The van der Waals surface area contributed by atoms with Crippen molar-refractivity contribution in [2.24, 2.45) is 5.92 Å². The van der Waals surface area contributed by atoms with Crippen molar-refractivity contribution in [2.75, 3.05) is 66.5 Å². The second-order valence-corrected chi connectivity index (χ2v) is 6.05. The van der Waals surface area contributed by atoms with E-state index in [-0.39, 0.29) is 5.91 Å². The Bertz CT molecular complexity index is 283. The lowest BCUT2D eigenvalue weighted by Crippen LogP contribution is -2.48. The van der Waals surface area contributed by atoms with Crippen molar-refractivity contribution in [1.29, 1.82) is 0 Å². The Morgan fingerprint density at radius 1 is 1.21 bits per heavy atom. The zero-order valence-corrected chi connectivity index (χ0v) is 12.4. The summed E-state index contributed by atoms with van der Waals surface area (Å²) in [4.78, 5) is 18.8. The maximum atomic E-state index is 12.2. The van der Waals surface area contributed by atoms with Crippen molar-refractivity contribution in [3.05, 3.63) is 0 Å². The van der Waals surface area contributed by atoms with E-state index in [1.165, 1.54) is 25.9 Å². The normalized spacial score (nSPS) is 23.5. The third-order valence-electron chi connectivity index (χ3n) is 4.36. The number of nitrogens with one attached hydrogen (secondary N) is 1. The molecule has 2 heterocycles. The van der Waals surface area contributed by atoms with Crippen LogP contribution in [0.15, 0.2) is 0 Å². The number of likely N-dealkylation sites (N-methyl/N-ethyl adjacent to an activating group) is 1. The number of piperidine rings is 1. The Labute approximate surface area is 116 Å². The van der Waals surface area contributed by atoms with Crippen LogP contribution in [0.3, 0.4) is 0 Å². The molecule has 0 spiro atoms. The summed E-state index contributed by atoms with van der Waals surface area (Å²) in [5.74, 6) is 0.967. The SMILES string of the molecule is CN1CCC(CN(C)C(=O)CN2CCNCC2)CC1. The first kappa shape index (κ1) is 14.8. The van der Waals surface area contributed by atoms with Crippen molar-refractivity contribution in [1.82, 2.24) is 20.0 Å². The van der Waals surface area contributed by atoms with Crippen LogP contribution < -0.4 is 5.32 Å². The molecular weight excluding hydrogens is 240 g/mol. The number of rotatable bonds is 4. The lowest BCUT2D eigenvalue weighted by Gasteiger charge is -2.33. The van der Waals surface area contributed by atoms with Crippen LogP contribution in [-0.4, -0.2) is 87.1 Å². The van der Waals surface area contributed by atoms with Gasteiger partial charge in [-0.3, -0.25) is 9.69 Å². The minimum Gasteiger partial charge on any atom is -0.344 e. The molecule has 0 bridgehead atoms. The quantitative estimate of drug-likeness (QED) is 0.759. The van der Waals surface area contributed by atoms with E-state index in [9.17, 15) is 4.79 Å². The lowest BCUT2D eigenvalue weighted by molar-refractivity contribution is -0.132. The molecule has 2 aliphatic heterocycles. The Hall–Kier alpha value is -0.650. The zero-order valence-electron chi connectivity index (χ0n) is 12.4. The van der Waals surface area contributed by atoms with E-state index < -0.39 is 0 Å². The number of carbonyl (C=O) groups excluding carboxylic acids is 1. The highest BCUT2D eigenvalue weighted by Gasteiger charge is 2.21. The Morgan fingerprint density at radius 2 is 1.84 bits per heavy atom. The summed E-state index contributed by atoms with van der Waals surface area (Å²) >= 11 is 0. The van der Waals surface area contributed by atoms with E-state index in [1.807, 2.05) is 11.9 Å². The smallest absolute Gasteiger partial charge is 0.236 e. The van der Waals surface area contributed by atoms with Crippen LogP contribution in [0.1, 0.15) is 12.8 Å². The molecule has 5 heteroatoms. The van der Waals surface area contributed by atoms with Crippen LogP contribution in [-0.2, 0) is 4.79 Å². The van der Waals surface area contributed by atoms with Gasteiger partial charge in [0.05, 0.1) is 6.54 Å². The van der Waals surface area contributed by atoms with Gasteiger partial charge < -0.3 is 15.1 Å². The molecule has 0 aromatic heterocycles. The summed E-state index contributed by atoms with van der Waals surface area (Å²) in [6.07, 6.45) is 2.45. The maximum absolute atomic E-state index is 12.2. The first-order valence-electron chi connectivity index (χ1n) is 7.50. The molecule has 2 aliphatic rings. The van der Waals surface area contributed by atoms with Gasteiger partial charge in [0.15, 0.2) is 0 Å². The number of piperazine rings is 1. The van der Waals surface area contributed by atoms with Crippen molar-refractivity contribution < 1.29 is 4.79 Å². The molecule has 0 aromatic rings. The van der Waals surface area contributed by atoms with E-state index >= 15 is 0 Å². The van der Waals surface area contributed by atoms with Crippen molar-refractivity contribution in [3.63, 3.8) is 0 Å². The molecule has 2 fully saturated rings. The monoisotopic (exact) mass is 268 g/mol. The predicted molar refractivity (Wildman–Crippen MR) is 77.2 cm³/mol. The third-order valence-corrected chi connectivity index (χ3v) is 4.36. The van der Waals surface area contributed by atoms with Gasteiger partial charge in [-0.1, -0.05) is 0 Å². The number of carbonyl (C=O) groups is 1. The third kappa shape index (κ3) is 4.75. The molecule has 1 N–H and O–H groups in total. The minimum absolute atomic E-state index is 0.279. The fraction of sp³-hybridized carbons (Fsp3) is 0.929. The van der Waals surface area contributed by atoms with Crippen molar-refractivity contribution >= 4 is 5.91 Å². The number of amides is 1. The molecule has 110 valence electrons. The lowest BCUT2D eigenvalue weighted by atomic mass is 9.97. The van der Waals surface area contributed by atoms with Gasteiger partial charge in [0.25, 0.3) is 0 Å². The van der Waals surface area contributed by atoms with Crippen LogP contribution in [0, 0.1) is 5.92 Å². The molecule has 0 radical (unpaired) electrons. The van der Waals surface area contributed by atoms with Crippen molar-refractivity contribution in [2.45, 2.75) is 12.8 Å². The van der Waals surface area contributed by atoms with Crippen LogP contribution in [0.2, 0.25) is 0 Å². The topological polar surface area (TPSA) is 38.8 Å². The molecule has 0 aliphatic carbocycles. The first-order chi connectivity index (χ1) is 9.15. The summed E-state index contributed by atoms with van der Waals surface area (Å²) in [5, 5.41) is 3.32. The highest BCUT2D eigenvalue weighted by molar-refractivity contribution is 5.78. The summed E-state index contributed by atoms with van der Waals surface area (Å²) in [7, 11) is 4.14. The summed E-state index contributed by atoms with van der Waals surface area (Å²) in [6, 6.07) is 0. The van der Waals surface area contributed by atoms with Gasteiger partial charge in [0, 0.05) is 39.8 Å². The largest absolute Gasteiger partial charge is 0.344 e. The van der Waals surface area contributed by atoms with Crippen LogP contribution in [0.25, 0.3) is 0 Å². The number of hydrogen-bond acceptors (Lipinski definition) is 4. The molecule has 19 heavy (non-hydrogen) atoms. The Balaban J connectivity index is 1.69. The van der Waals surface area contributed by atoms with Gasteiger partial charge in [0.1, 0.15) is 0 Å². The van der Waals surface area contributed by atoms with E-state index in [2.05, 4.69) is 22.2 Å². The van der Waals surface area contributed by atoms with Gasteiger partial charge in [-0.25, -0.2) is 0 Å². The van der Waals surface area contributed by atoms with Crippen LogP contribution in [0.5, 0.6) is 0 Å². The maximum Gasteiger partial charge on any atom is 0.236 e. The summed E-state index contributed by atoms with van der Waals surface area (Å²) < 4.78 is 0. The first-order valence-corrected chi connectivity index (χ1v) is 7.50. The molecular formula is C14H28N4O. The average Bonchev–Trinajstić information content (AvgIpc) is 2.42. The molecule has 0 saturated carbocycles. The second-order valence-electron chi connectivity index (χ2n) is 6.05. The van der Waals surface area contributed by atoms with Gasteiger partial charge in [-0.2, -0.15) is 0 Å². The Morgan fingerprint density at radius 3 is 2.47 bits per heavy atom. The number of hydrogen-bond donors (Lipinski definition) is 1. The van der Waals surface area contributed by atoms with Gasteiger partial charge in [0.2, 0.25) is 5.91 Å². The summed E-state index contributed by atoms with van der Waals surface area (Å²) in [6.45, 7) is 7.86. The zero-order chi connectivity index (χ0) is 13.7. The van der Waals surface area contributed by atoms with Crippen LogP contribution >= 0.6 is 0 Å². The molecule has 0 aromatic carbocycles. The highest BCUT2D eigenvalue weighted by atomic mass is 16.2. The van der Waals surface area contributed by atoms with E-state index in [0.717, 1.165) is 32.7 Å². The molecule has 0 atom stereocenters. The molecule has 5 nitrogen and oxygen atoms in total. The molecule has 0 unspecified atom stereocenters.